The second-order valence-electron chi connectivity index (χ2n) is 7.87. The first-order chi connectivity index (χ1) is 14.9. The van der Waals surface area contributed by atoms with Gasteiger partial charge in [0.1, 0.15) is 0 Å². The zero-order valence-electron chi connectivity index (χ0n) is 17.7. The first kappa shape index (κ1) is 22.4. The number of carbonyl (C=O) groups excluding carboxylic acids is 2. The standard InChI is InChI=1S/C23H28N4O4/c1-17-13-20(9-10-21(17)27(30)31)23(29)25-15-22(28)24-14-18-5-7-19(8-6-18)16-26-11-3-2-4-12-26/h5-10,13H,2-4,11-12,14-16H2,1H3,(H,24,28)(H,25,29). The van der Waals surface area contributed by atoms with Crippen molar-refractivity contribution in [1.82, 2.24) is 15.5 Å². The van der Waals surface area contributed by atoms with Gasteiger partial charge in [-0.2, -0.15) is 0 Å². The number of hydrogen-bond acceptors (Lipinski definition) is 5. The molecule has 0 spiro atoms. The molecule has 31 heavy (non-hydrogen) atoms. The lowest BCUT2D eigenvalue weighted by Gasteiger charge is -2.26. The van der Waals surface area contributed by atoms with Crippen molar-refractivity contribution in [2.75, 3.05) is 19.6 Å². The molecule has 2 amide bonds. The second kappa shape index (κ2) is 10.7. The van der Waals surface area contributed by atoms with E-state index in [1.54, 1.807) is 6.92 Å². The van der Waals surface area contributed by atoms with Crippen LogP contribution in [0.5, 0.6) is 0 Å². The lowest BCUT2D eigenvalue weighted by atomic mass is 10.1. The van der Waals surface area contributed by atoms with E-state index < -0.39 is 10.8 Å². The fourth-order valence-electron chi connectivity index (χ4n) is 3.67. The fourth-order valence-corrected chi connectivity index (χ4v) is 3.67. The van der Waals surface area contributed by atoms with Crippen molar-refractivity contribution in [3.8, 4) is 0 Å². The number of nitro benzene ring substituents is 1. The lowest BCUT2D eigenvalue weighted by Crippen LogP contribution is -2.36. The molecule has 8 heteroatoms. The first-order valence-electron chi connectivity index (χ1n) is 10.5. The molecule has 0 bridgehead atoms. The summed E-state index contributed by atoms with van der Waals surface area (Å²) in [6.45, 7) is 5.06. The van der Waals surface area contributed by atoms with Crippen LogP contribution in [0.2, 0.25) is 0 Å². The van der Waals surface area contributed by atoms with Crippen molar-refractivity contribution in [1.29, 1.82) is 0 Å². The van der Waals surface area contributed by atoms with Crippen LogP contribution in [0, 0.1) is 17.0 Å². The van der Waals surface area contributed by atoms with Gasteiger partial charge in [-0.3, -0.25) is 24.6 Å². The van der Waals surface area contributed by atoms with Crippen LogP contribution in [-0.4, -0.2) is 41.3 Å². The van der Waals surface area contributed by atoms with Gasteiger partial charge < -0.3 is 10.6 Å². The quantitative estimate of drug-likeness (QED) is 0.501. The number of nitro groups is 1. The van der Waals surface area contributed by atoms with Crippen LogP contribution >= 0.6 is 0 Å². The monoisotopic (exact) mass is 424 g/mol. The maximum Gasteiger partial charge on any atom is 0.272 e. The Balaban J connectivity index is 1.42. The van der Waals surface area contributed by atoms with Gasteiger partial charge in [0.25, 0.3) is 11.6 Å². The number of amides is 2. The number of hydrogen-bond donors (Lipinski definition) is 2. The van der Waals surface area contributed by atoms with E-state index in [-0.39, 0.29) is 23.7 Å². The summed E-state index contributed by atoms with van der Waals surface area (Å²) in [7, 11) is 0. The van der Waals surface area contributed by atoms with Gasteiger partial charge in [-0.1, -0.05) is 30.7 Å². The lowest BCUT2D eigenvalue weighted by molar-refractivity contribution is -0.385. The number of aryl methyl sites for hydroxylation is 1. The van der Waals surface area contributed by atoms with E-state index in [9.17, 15) is 19.7 Å². The summed E-state index contributed by atoms with van der Waals surface area (Å²) < 4.78 is 0. The zero-order valence-corrected chi connectivity index (χ0v) is 17.7. The summed E-state index contributed by atoms with van der Waals surface area (Å²) in [6, 6.07) is 12.3. The van der Waals surface area contributed by atoms with Crippen LogP contribution < -0.4 is 10.6 Å². The molecule has 0 saturated carbocycles. The van der Waals surface area contributed by atoms with Crippen LogP contribution in [0.3, 0.4) is 0 Å². The molecule has 1 heterocycles. The molecular weight excluding hydrogens is 396 g/mol. The third kappa shape index (κ3) is 6.62. The van der Waals surface area contributed by atoms with E-state index in [1.807, 2.05) is 12.1 Å². The molecular formula is C23H28N4O4. The minimum absolute atomic E-state index is 0.0451. The molecule has 1 aliphatic heterocycles. The number of piperidine rings is 1. The fraction of sp³-hybridized carbons (Fsp3) is 0.391. The minimum atomic E-state index is -0.495. The molecule has 2 N–H and O–H groups in total. The van der Waals surface area contributed by atoms with E-state index in [0.29, 0.717) is 12.1 Å². The predicted octanol–water partition coefficient (Wildman–Crippen LogP) is 2.94. The van der Waals surface area contributed by atoms with E-state index in [0.717, 1.165) is 25.2 Å². The highest BCUT2D eigenvalue weighted by atomic mass is 16.6. The number of benzene rings is 2. The molecule has 8 nitrogen and oxygen atoms in total. The van der Waals surface area contributed by atoms with Gasteiger partial charge >= 0.3 is 0 Å². The van der Waals surface area contributed by atoms with Crippen LogP contribution in [0.25, 0.3) is 0 Å². The molecule has 1 saturated heterocycles. The molecule has 3 rings (SSSR count). The summed E-state index contributed by atoms with van der Waals surface area (Å²) >= 11 is 0. The predicted molar refractivity (Wildman–Crippen MR) is 118 cm³/mol. The topological polar surface area (TPSA) is 105 Å². The maximum atomic E-state index is 12.2. The summed E-state index contributed by atoms with van der Waals surface area (Å²) in [6.07, 6.45) is 3.86. The molecule has 1 fully saturated rings. The van der Waals surface area contributed by atoms with Gasteiger partial charge in [0.05, 0.1) is 11.5 Å². The Morgan fingerprint density at radius 3 is 2.32 bits per heavy atom. The summed E-state index contributed by atoms with van der Waals surface area (Å²) in [5, 5.41) is 16.2. The average Bonchev–Trinajstić information content (AvgIpc) is 2.77. The van der Waals surface area contributed by atoms with Crippen molar-refractivity contribution in [3.05, 3.63) is 74.8 Å². The van der Waals surface area contributed by atoms with Gasteiger partial charge in [-0.25, -0.2) is 0 Å². The smallest absolute Gasteiger partial charge is 0.272 e. The molecule has 0 aliphatic carbocycles. The first-order valence-corrected chi connectivity index (χ1v) is 10.5. The minimum Gasteiger partial charge on any atom is -0.350 e. The Hall–Kier alpha value is -3.26. The Kier molecular flexibility index (Phi) is 7.72. The zero-order chi connectivity index (χ0) is 22.2. The molecule has 0 aromatic heterocycles. The summed E-state index contributed by atoms with van der Waals surface area (Å²) in [5.74, 6) is -0.750. The third-order valence-electron chi connectivity index (χ3n) is 5.43. The van der Waals surface area contributed by atoms with E-state index >= 15 is 0 Å². The van der Waals surface area contributed by atoms with Gasteiger partial charge in [0.2, 0.25) is 5.91 Å². The van der Waals surface area contributed by atoms with Gasteiger partial charge in [0, 0.05) is 30.3 Å². The van der Waals surface area contributed by atoms with Gasteiger partial charge in [-0.15, -0.1) is 0 Å². The van der Waals surface area contributed by atoms with Crippen molar-refractivity contribution >= 4 is 17.5 Å². The summed E-state index contributed by atoms with van der Waals surface area (Å²) in [5.41, 5.74) is 2.89. The maximum absolute atomic E-state index is 12.2. The average molecular weight is 425 g/mol. The highest BCUT2D eigenvalue weighted by molar-refractivity contribution is 5.96. The highest BCUT2D eigenvalue weighted by Crippen LogP contribution is 2.18. The van der Waals surface area contributed by atoms with E-state index in [1.165, 1.54) is 43.0 Å². The van der Waals surface area contributed by atoms with Crippen LogP contribution in [0.1, 0.15) is 46.3 Å². The number of nitrogens with zero attached hydrogens (tertiary/aromatic N) is 2. The van der Waals surface area contributed by atoms with Crippen molar-refractivity contribution in [2.24, 2.45) is 0 Å². The normalized spacial score (nSPS) is 14.1. The van der Waals surface area contributed by atoms with E-state index in [2.05, 4.69) is 27.7 Å². The van der Waals surface area contributed by atoms with Crippen molar-refractivity contribution in [2.45, 2.75) is 39.3 Å². The molecule has 2 aromatic rings. The van der Waals surface area contributed by atoms with Gasteiger partial charge in [0.15, 0.2) is 0 Å². The molecule has 0 unspecified atom stereocenters. The number of rotatable bonds is 8. The summed E-state index contributed by atoms with van der Waals surface area (Å²) in [4.78, 5) is 37.1. The molecule has 1 aliphatic rings. The van der Waals surface area contributed by atoms with Crippen LogP contribution in [0.4, 0.5) is 5.69 Å². The Morgan fingerprint density at radius 1 is 1.00 bits per heavy atom. The number of carbonyl (C=O) groups is 2. The Labute approximate surface area is 181 Å². The second-order valence-corrected chi connectivity index (χ2v) is 7.87. The SMILES string of the molecule is Cc1cc(C(=O)NCC(=O)NCc2ccc(CN3CCCCC3)cc2)ccc1[N+](=O)[O-]. The largest absolute Gasteiger partial charge is 0.350 e. The highest BCUT2D eigenvalue weighted by Gasteiger charge is 2.14. The third-order valence-corrected chi connectivity index (χ3v) is 5.43. The number of likely N-dealkylation sites (tertiary alicyclic amines) is 1. The molecule has 0 radical (unpaired) electrons. The van der Waals surface area contributed by atoms with Crippen LogP contribution in [-0.2, 0) is 17.9 Å². The molecule has 2 aromatic carbocycles. The van der Waals surface area contributed by atoms with Crippen molar-refractivity contribution in [3.63, 3.8) is 0 Å². The van der Waals surface area contributed by atoms with Crippen molar-refractivity contribution < 1.29 is 14.5 Å². The Bertz CT molecular complexity index is 937. The Morgan fingerprint density at radius 2 is 1.68 bits per heavy atom. The molecule has 0 atom stereocenters. The van der Waals surface area contributed by atoms with Crippen LogP contribution in [0.15, 0.2) is 42.5 Å². The number of nitrogens with one attached hydrogen (secondary N) is 2. The van der Waals surface area contributed by atoms with Gasteiger partial charge in [-0.05, 0) is 56.1 Å². The molecule has 164 valence electrons. The van der Waals surface area contributed by atoms with E-state index in [4.69, 9.17) is 0 Å².